The van der Waals surface area contributed by atoms with E-state index in [1.54, 1.807) is 0 Å². The normalized spacial score (nSPS) is 15.2. The molecule has 2 N–H and O–H groups in total. The van der Waals surface area contributed by atoms with Gasteiger partial charge >= 0.3 is 0 Å². The summed E-state index contributed by atoms with van der Waals surface area (Å²) in [7, 11) is 0. The van der Waals surface area contributed by atoms with Gasteiger partial charge in [0.25, 0.3) is 0 Å². The van der Waals surface area contributed by atoms with Gasteiger partial charge in [-0.05, 0) is 38.8 Å². The second kappa shape index (κ2) is 12.1. The van der Waals surface area contributed by atoms with Crippen LogP contribution in [0.1, 0.15) is 26.7 Å². The highest BCUT2D eigenvalue weighted by Crippen LogP contribution is 2.19. The number of piperidine rings is 1. The highest BCUT2D eigenvalue weighted by Gasteiger charge is 2.22. The summed E-state index contributed by atoms with van der Waals surface area (Å²) in [6.07, 6.45) is 1.96. The summed E-state index contributed by atoms with van der Waals surface area (Å²) in [5.41, 5.74) is -0.420. The van der Waals surface area contributed by atoms with Crippen LogP contribution in [0.5, 0.6) is 0 Å². The van der Waals surface area contributed by atoms with Crippen LogP contribution in [0.3, 0.4) is 0 Å². The van der Waals surface area contributed by atoms with Crippen LogP contribution in [0, 0.1) is 17.5 Å². The van der Waals surface area contributed by atoms with Gasteiger partial charge in [0, 0.05) is 26.2 Å². The zero-order chi connectivity index (χ0) is 19.8. The summed E-state index contributed by atoms with van der Waals surface area (Å²) in [4.78, 5) is 18.3. The number of carbonyl (C=O) groups excluding carboxylic acids is 1. The van der Waals surface area contributed by atoms with Gasteiger partial charge in [0.2, 0.25) is 5.91 Å². The molecule has 1 aromatic carbocycles. The summed E-state index contributed by atoms with van der Waals surface area (Å²) in [6.45, 7) is 6.41. The first-order valence-corrected chi connectivity index (χ1v) is 9.04. The number of benzene rings is 1. The van der Waals surface area contributed by atoms with Crippen molar-refractivity contribution in [3.63, 3.8) is 0 Å². The molecule has 1 aliphatic heterocycles. The molecule has 1 aromatic rings. The minimum atomic E-state index is -1.62. The topological polar surface area (TPSA) is 66.0 Å². The molecule has 158 valence electrons. The second-order valence-electron chi connectivity index (χ2n) is 6.08. The van der Waals surface area contributed by atoms with Crippen molar-refractivity contribution in [2.75, 3.05) is 38.1 Å². The molecular formula is C18H26F3IN4O2. The number of anilines is 1. The molecule has 1 amide bonds. The molecule has 1 aliphatic rings. The van der Waals surface area contributed by atoms with E-state index in [9.17, 15) is 18.0 Å². The molecule has 0 radical (unpaired) electrons. The van der Waals surface area contributed by atoms with Crippen molar-refractivity contribution in [1.82, 2.24) is 10.2 Å². The van der Waals surface area contributed by atoms with E-state index in [2.05, 4.69) is 15.6 Å². The molecule has 0 saturated carbocycles. The number of carbonyl (C=O) groups is 1. The number of guanidine groups is 1. The molecule has 2 rings (SSSR count). The quantitative estimate of drug-likeness (QED) is 0.265. The van der Waals surface area contributed by atoms with E-state index < -0.39 is 29.0 Å². The Bertz CT molecular complexity index is 683. The lowest BCUT2D eigenvalue weighted by atomic mass is 10.1. The molecule has 0 atom stereocenters. The molecule has 0 unspecified atom stereocenters. The van der Waals surface area contributed by atoms with E-state index in [4.69, 9.17) is 4.74 Å². The van der Waals surface area contributed by atoms with Gasteiger partial charge in [-0.15, -0.1) is 24.0 Å². The van der Waals surface area contributed by atoms with E-state index in [-0.39, 0.29) is 36.6 Å². The Morgan fingerprint density at radius 1 is 1.21 bits per heavy atom. The number of rotatable bonds is 6. The molecule has 1 fully saturated rings. The third-order valence-electron chi connectivity index (χ3n) is 4.16. The number of halogens is 4. The maximum absolute atomic E-state index is 13.6. The standard InChI is InChI=1S/C18H25F3N4O2.HI/c1-3-22-18(25-9-7-12(8-10-25)27-4-2)23-11-15(26)24-14-6-5-13(19)16(20)17(14)21;/h5-6,12H,3-4,7-11H2,1-2H3,(H,22,23)(H,24,26);1H. The number of amides is 1. The van der Waals surface area contributed by atoms with Gasteiger partial charge in [-0.1, -0.05) is 0 Å². The third kappa shape index (κ3) is 6.80. The van der Waals surface area contributed by atoms with Crippen molar-refractivity contribution < 1.29 is 22.7 Å². The van der Waals surface area contributed by atoms with Crippen LogP contribution < -0.4 is 10.6 Å². The van der Waals surface area contributed by atoms with Crippen molar-refractivity contribution in [3.05, 3.63) is 29.6 Å². The molecule has 0 spiro atoms. The van der Waals surface area contributed by atoms with Crippen LogP contribution >= 0.6 is 24.0 Å². The van der Waals surface area contributed by atoms with E-state index in [0.29, 0.717) is 19.1 Å². The highest BCUT2D eigenvalue weighted by molar-refractivity contribution is 14.0. The minimum absolute atomic E-state index is 0. The van der Waals surface area contributed by atoms with Gasteiger partial charge in [-0.3, -0.25) is 4.79 Å². The Balaban J connectivity index is 0.00000392. The molecule has 0 aromatic heterocycles. The Hall–Kier alpha value is -1.56. The maximum atomic E-state index is 13.6. The molecule has 28 heavy (non-hydrogen) atoms. The number of nitrogens with zero attached hydrogens (tertiary/aromatic N) is 2. The van der Waals surface area contributed by atoms with Gasteiger partial charge in [-0.25, -0.2) is 18.2 Å². The first-order chi connectivity index (χ1) is 13.0. The van der Waals surface area contributed by atoms with E-state index in [0.717, 1.165) is 38.1 Å². The summed E-state index contributed by atoms with van der Waals surface area (Å²) in [6, 6.07) is 1.73. The summed E-state index contributed by atoms with van der Waals surface area (Å²) >= 11 is 0. The van der Waals surface area contributed by atoms with Gasteiger partial charge in [0.15, 0.2) is 23.4 Å². The molecule has 1 saturated heterocycles. The lowest BCUT2D eigenvalue weighted by molar-refractivity contribution is -0.114. The van der Waals surface area contributed by atoms with Crippen molar-refractivity contribution in [2.24, 2.45) is 4.99 Å². The van der Waals surface area contributed by atoms with E-state index >= 15 is 0 Å². The second-order valence-corrected chi connectivity index (χ2v) is 6.08. The lowest BCUT2D eigenvalue weighted by Crippen LogP contribution is -2.47. The summed E-state index contributed by atoms with van der Waals surface area (Å²) in [5.74, 6) is -4.42. The number of ether oxygens (including phenoxy) is 1. The van der Waals surface area contributed by atoms with Gasteiger partial charge in [-0.2, -0.15) is 0 Å². The molecule has 10 heteroatoms. The van der Waals surface area contributed by atoms with E-state index in [1.807, 2.05) is 18.7 Å². The zero-order valence-corrected chi connectivity index (χ0v) is 18.3. The zero-order valence-electron chi connectivity index (χ0n) is 15.9. The Kier molecular flexibility index (Phi) is 10.6. The predicted octanol–water partition coefficient (Wildman–Crippen LogP) is 3.13. The average molecular weight is 514 g/mol. The van der Waals surface area contributed by atoms with Crippen LogP contribution in [0.2, 0.25) is 0 Å². The molecule has 6 nitrogen and oxygen atoms in total. The van der Waals surface area contributed by atoms with Gasteiger partial charge < -0.3 is 20.3 Å². The average Bonchev–Trinajstić information content (AvgIpc) is 2.66. The largest absolute Gasteiger partial charge is 0.378 e. The molecular weight excluding hydrogens is 488 g/mol. The Morgan fingerprint density at radius 3 is 2.50 bits per heavy atom. The maximum Gasteiger partial charge on any atom is 0.246 e. The number of hydrogen-bond donors (Lipinski definition) is 2. The van der Waals surface area contributed by atoms with E-state index in [1.165, 1.54) is 0 Å². The van der Waals surface area contributed by atoms with Gasteiger partial charge in [0.05, 0.1) is 11.8 Å². The predicted molar refractivity (Wildman–Crippen MR) is 113 cm³/mol. The Labute approximate surface area is 179 Å². The fourth-order valence-corrected chi connectivity index (χ4v) is 2.85. The van der Waals surface area contributed by atoms with Crippen molar-refractivity contribution in [3.8, 4) is 0 Å². The van der Waals surface area contributed by atoms with Crippen LogP contribution in [-0.2, 0) is 9.53 Å². The molecule has 0 aliphatic carbocycles. The third-order valence-corrected chi connectivity index (χ3v) is 4.16. The fraction of sp³-hybridized carbons (Fsp3) is 0.556. The van der Waals surface area contributed by atoms with Crippen LogP contribution in [-0.4, -0.2) is 55.7 Å². The van der Waals surface area contributed by atoms with Crippen molar-refractivity contribution in [1.29, 1.82) is 0 Å². The first-order valence-electron chi connectivity index (χ1n) is 9.04. The number of likely N-dealkylation sites (tertiary alicyclic amines) is 1. The monoisotopic (exact) mass is 514 g/mol. The summed E-state index contributed by atoms with van der Waals surface area (Å²) < 4.78 is 45.4. The Morgan fingerprint density at radius 2 is 1.89 bits per heavy atom. The van der Waals surface area contributed by atoms with Crippen LogP contribution in [0.15, 0.2) is 17.1 Å². The van der Waals surface area contributed by atoms with Gasteiger partial charge in [0.1, 0.15) is 6.54 Å². The lowest BCUT2D eigenvalue weighted by Gasteiger charge is -2.34. The van der Waals surface area contributed by atoms with Crippen molar-refractivity contribution in [2.45, 2.75) is 32.8 Å². The molecule has 1 heterocycles. The number of aliphatic imine (C=N–C) groups is 1. The molecule has 0 bridgehead atoms. The van der Waals surface area contributed by atoms with Crippen LogP contribution in [0.25, 0.3) is 0 Å². The minimum Gasteiger partial charge on any atom is -0.378 e. The van der Waals surface area contributed by atoms with Crippen LogP contribution in [0.4, 0.5) is 18.9 Å². The fourth-order valence-electron chi connectivity index (χ4n) is 2.85. The summed E-state index contributed by atoms with van der Waals surface area (Å²) in [5, 5.41) is 5.33. The highest BCUT2D eigenvalue weighted by atomic mass is 127. The first kappa shape index (κ1) is 24.5. The number of nitrogens with one attached hydrogen (secondary N) is 2. The SMILES string of the molecule is CCNC(=NCC(=O)Nc1ccc(F)c(F)c1F)N1CCC(OCC)CC1.I. The van der Waals surface area contributed by atoms with Crippen molar-refractivity contribution >= 4 is 41.5 Å². The number of hydrogen-bond acceptors (Lipinski definition) is 3. The smallest absolute Gasteiger partial charge is 0.246 e.